The van der Waals surface area contributed by atoms with Gasteiger partial charge in [0.05, 0.1) is 10.0 Å². The topological polar surface area (TPSA) is 0 Å². The van der Waals surface area contributed by atoms with Crippen LogP contribution in [0.2, 0.25) is 15.1 Å². The third-order valence-electron chi connectivity index (χ3n) is 4.35. The minimum absolute atomic E-state index is 0.490. The van der Waals surface area contributed by atoms with Gasteiger partial charge in [-0.25, -0.2) is 0 Å². The van der Waals surface area contributed by atoms with Gasteiger partial charge < -0.3 is 0 Å². The van der Waals surface area contributed by atoms with E-state index < -0.39 is 0 Å². The molecular formula is C16H21Cl3. The molecule has 106 valence electrons. The lowest BCUT2D eigenvalue weighted by Gasteiger charge is -2.35. The van der Waals surface area contributed by atoms with Crippen molar-refractivity contribution in [2.75, 3.05) is 0 Å². The summed E-state index contributed by atoms with van der Waals surface area (Å²) in [7, 11) is 0. The normalized spacial score (nSPS) is 26.1. The van der Waals surface area contributed by atoms with E-state index in [-0.39, 0.29) is 0 Å². The van der Waals surface area contributed by atoms with Crippen LogP contribution in [0.1, 0.15) is 51.4 Å². The lowest BCUT2D eigenvalue weighted by Crippen LogP contribution is -2.22. The van der Waals surface area contributed by atoms with Gasteiger partial charge >= 0.3 is 0 Å². The Morgan fingerprint density at radius 1 is 0.684 bits per heavy atom. The molecule has 3 rings (SSSR count). The van der Waals surface area contributed by atoms with E-state index in [1.54, 1.807) is 43.9 Å². The fraction of sp³-hybridized carbons (Fsp3) is 0.625. The molecule has 0 saturated heterocycles. The highest BCUT2D eigenvalue weighted by Gasteiger charge is 2.26. The Balaban J connectivity index is 0.000000141. The van der Waals surface area contributed by atoms with Crippen LogP contribution in [0.15, 0.2) is 18.2 Å². The number of hydrogen-bond donors (Lipinski definition) is 0. The second-order valence-electron chi connectivity index (χ2n) is 5.65. The van der Waals surface area contributed by atoms with E-state index in [1.165, 1.54) is 25.7 Å². The maximum Gasteiger partial charge on any atom is 0.0607 e. The minimum Gasteiger partial charge on any atom is -0.0843 e. The third-order valence-corrected chi connectivity index (χ3v) is 5.32. The van der Waals surface area contributed by atoms with Crippen molar-refractivity contribution < 1.29 is 0 Å². The molecule has 0 heterocycles. The quantitative estimate of drug-likeness (QED) is 0.451. The lowest BCUT2D eigenvalue weighted by atomic mass is 9.71. The zero-order valence-electron chi connectivity index (χ0n) is 11.2. The van der Waals surface area contributed by atoms with Crippen molar-refractivity contribution in [2.24, 2.45) is 11.8 Å². The van der Waals surface area contributed by atoms with E-state index in [0.717, 1.165) is 11.8 Å². The number of benzene rings is 1. The average Bonchev–Trinajstić information content (AvgIpc) is 2.44. The smallest absolute Gasteiger partial charge is 0.0607 e. The second kappa shape index (κ2) is 7.76. The molecule has 2 fully saturated rings. The largest absolute Gasteiger partial charge is 0.0843 e. The monoisotopic (exact) mass is 318 g/mol. The van der Waals surface area contributed by atoms with Crippen molar-refractivity contribution in [2.45, 2.75) is 51.4 Å². The first kappa shape index (κ1) is 15.5. The summed E-state index contributed by atoms with van der Waals surface area (Å²) in [5.41, 5.74) is 0. The molecule has 0 unspecified atom stereocenters. The van der Waals surface area contributed by atoms with Crippen LogP contribution in [-0.2, 0) is 0 Å². The molecule has 3 heteroatoms. The summed E-state index contributed by atoms with van der Waals surface area (Å²) in [6.45, 7) is 0. The standard InChI is InChI=1S/C10H18.C6H3Cl3/c1-2-6-10-8-4-3-7-9(10)5-1;7-4-1-2-5(8)6(9)3-4/h9-10H,1-8H2;1-3H. The van der Waals surface area contributed by atoms with Gasteiger partial charge in [-0.3, -0.25) is 0 Å². The summed E-state index contributed by atoms with van der Waals surface area (Å²) in [5.74, 6) is 2.31. The SMILES string of the molecule is C1CCC2CCCCC2C1.Clc1ccc(Cl)c(Cl)c1. The maximum absolute atomic E-state index is 5.60. The molecule has 2 aliphatic rings. The Morgan fingerprint density at radius 2 is 1.16 bits per heavy atom. The fourth-order valence-electron chi connectivity index (χ4n) is 3.33. The first-order valence-corrected chi connectivity index (χ1v) is 8.41. The predicted molar refractivity (Wildman–Crippen MR) is 85.4 cm³/mol. The second-order valence-corrected chi connectivity index (χ2v) is 6.90. The van der Waals surface area contributed by atoms with E-state index in [1.807, 2.05) is 0 Å². The van der Waals surface area contributed by atoms with Crippen LogP contribution in [0.4, 0.5) is 0 Å². The van der Waals surface area contributed by atoms with Crippen LogP contribution in [0.5, 0.6) is 0 Å². The molecule has 0 bridgehead atoms. The molecule has 0 atom stereocenters. The van der Waals surface area contributed by atoms with Crippen LogP contribution >= 0.6 is 34.8 Å². The van der Waals surface area contributed by atoms with Crippen LogP contribution in [0, 0.1) is 11.8 Å². The van der Waals surface area contributed by atoms with E-state index in [9.17, 15) is 0 Å². The molecule has 0 N–H and O–H groups in total. The average molecular weight is 320 g/mol. The fourth-order valence-corrected chi connectivity index (χ4v) is 3.85. The first-order valence-electron chi connectivity index (χ1n) is 7.27. The molecule has 2 saturated carbocycles. The highest BCUT2D eigenvalue weighted by atomic mass is 35.5. The molecule has 0 aliphatic heterocycles. The minimum atomic E-state index is 0.490. The Hall–Kier alpha value is 0.0900. The van der Waals surface area contributed by atoms with Gasteiger partial charge in [0.2, 0.25) is 0 Å². The van der Waals surface area contributed by atoms with Crippen molar-refractivity contribution in [3.63, 3.8) is 0 Å². The maximum atomic E-state index is 5.60. The highest BCUT2D eigenvalue weighted by molar-refractivity contribution is 6.43. The summed E-state index contributed by atoms with van der Waals surface area (Å²) in [4.78, 5) is 0. The van der Waals surface area contributed by atoms with Crippen molar-refractivity contribution in [3.05, 3.63) is 33.3 Å². The number of fused-ring (bicyclic) bond motifs is 1. The van der Waals surface area contributed by atoms with Gasteiger partial charge in [-0.2, -0.15) is 0 Å². The Morgan fingerprint density at radius 3 is 1.53 bits per heavy atom. The highest BCUT2D eigenvalue weighted by Crippen LogP contribution is 2.40. The van der Waals surface area contributed by atoms with Crippen molar-refractivity contribution >= 4 is 34.8 Å². The summed E-state index contributed by atoms with van der Waals surface area (Å²) in [6.07, 6.45) is 12.4. The molecule has 0 aromatic heterocycles. The van der Waals surface area contributed by atoms with E-state index in [2.05, 4.69) is 0 Å². The van der Waals surface area contributed by atoms with Crippen LogP contribution in [0.3, 0.4) is 0 Å². The van der Waals surface area contributed by atoms with Gasteiger partial charge in [0.15, 0.2) is 0 Å². The van der Waals surface area contributed by atoms with Crippen molar-refractivity contribution in [1.29, 1.82) is 0 Å². The summed E-state index contributed by atoms with van der Waals surface area (Å²) >= 11 is 16.8. The summed E-state index contributed by atoms with van der Waals surface area (Å²) in [5, 5.41) is 1.62. The number of hydrogen-bond acceptors (Lipinski definition) is 0. The third kappa shape index (κ3) is 4.85. The van der Waals surface area contributed by atoms with Gasteiger partial charge in [-0.1, -0.05) is 86.2 Å². The van der Waals surface area contributed by atoms with Gasteiger partial charge in [0.1, 0.15) is 0 Å². The van der Waals surface area contributed by atoms with Crippen LogP contribution in [-0.4, -0.2) is 0 Å². The molecule has 2 aliphatic carbocycles. The van der Waals surface area contributed by atoms with Gasteiger partial charge in [0, 0.05) is 5.02 Å². The molecule has 0 amide bonds. The van der Waals surface area contributed by atoms with Crippen molar-refractivity contribution in [1.82, 2.24) is 0 Å². The molecule has 1 aromatic carbocycles. The van der Waals surface area contributed by atoms with Crippen LogP contribution in [0.25, 0.3) is 0 Å². The molecule has 0 radical (unpaired) electrons. The number of rotatable bonds is 0. The van der Waals surface area contributed by atoms with Crippen molar-refractivity contribution in [3.8, 4) is 0 Å². The van der Waals surface area contributed by atoms with E-state index >= 15 is 0 Å². The summed E-state index contributed by atoms with van der Waals surface area (Å²) < 4.78 is 0. The number of halogens is 3. The molecule has 0 spiro atoms. The molecule has 19 heavy (non-hydrogen) atoms. The zero-order chi connectivity index (χ0) is 13.7. The Kier molecular flexibility index (Phi) is 6.32. The zero-order valence-corrected chi connectivity index (χ0v) is 13.4. The van der Waals surface area contributed by atoms with E-state index in [4.69, 9.17) is 34.8 Å². The molecular weight excluding hydrogens is 299 g/mol. The van der Waals surface area contributed by atoms with Gasteiger partial charge in [-0.15, -0.1) is 0 Å². The Labute approximate surface area is 131 Å². The predicted octanol–water partition coefficient (Wildman–Crippen LogP) is 7.01. The Bertz CT molecular complexity index is 377. The molecule has 1 aromatic rings. The summed E-state index contributed by atoms with van der Waals surface area (Å²) in [6, 6.07) is 4.95. The first-order chi connectivity index (χ1) is 9.16. The van der Waals surface area contributed by atoms with Gasteiger partial charge in [0.25, 0.3) is 0 Å². The van der Waals surface area contributed by atoms with Crippen LogP contribution < -0.4 is 0 Å². The molecule has 0 nitrogen and oxygen atoms in total. The van der Waals surface area contributed by atoms with E-state index in [0.29, 0.717) is 15.1 Å². The lowest BCUT2D eigenvalue weighted by molar-refractivity contribution is 0.171. The van der Waals surface area contributed by atoms with Gasteiger partial charge in [-0.05, 0) is 30.0 Å².